The predicted molar refractivity (Wildman–Crippen MR) is 86.4 cm³/mol. The molecule has 1 fully saturated rings. The summed E-state index contributed by atoms with van der Waals surface area (Å²) in [5, 5.41) is 0. The second-order valence-electron chi connectivity index (χ2n) is 5.49. The zero-order valence-electron chi connectivity index (χ0n) is 12.0. The van der Waals surface area contributed by atoms with Crippen molar-refractivity contribution in [1.29, 1.82) is 0 Å². The van der Waals surface area contributed by atoms with Gasteiger partial charge in [0.1, 0.15) is 10.3 Å². The van der Waals surface area contributed by atoms with Crippen LogP contribution < -0.4 is 5.56 Å². The van der Waals surface area contributed by atoms with Gasteiger partial charge in [0.05, 0.1) is 0 Å². The summed E-state index contributed by atoms with van der Waals surface area (Å²) in [7, 11) is 0. The van der Waals surface area contributed by atoms with E-state index in [-0.39, 0.29) is 5.56 Å². The first-order valence-electron chi connectivity index (χ1n) is 7.43. The van der Waals surface area contributed by atoms with Gasteiger partial charge in [-0.05, 0) is 46.8 Å². The van der Waals surface area contributed by atoms with E-state index in [0.717, 1.165) is 36.1 Å². The van der Waals surface area contributed by atoms with Crippen molar-refractivity contribution in [2.24, 2.45) is 0 Å². The Kier molecular flexibility index (Phi) is 4.19. The molecule has 21 heavy (non-hydrogen) atoms. The number of hydrogen-bond acceptors (Lipinski definition) is 3. The summed E-state index contributed by atoms with van der Waals surface area (Å²) in [6, 6.07) is 1.92. The highest BCUT2D eigenvalue weighted by atomic mass is 79.9. The molecule has 2 heterocycles. The van der Waals surface area contributed by atoms with E-state index in [1.807, 2.05) is 12.3 Å². The van der Waals surface area contributed by atoms with E-state index in [4.69, 9.17) is 0 Å². The van der Waals surface area contributed by atoms with Crippen molar-refractivity contribution in [2.75, 3.05) is 0 Å². The second-order valence-corrected chi connectivity index (χ2v) is 6.28. The minimum absolute atomic E-state index is 0.190. The maximum absolute atomic E-state index is 12.2. The minimum Gasteiger partial charge on any atom is -0.342 e. The molecule has 2 aromatic heterocycles. The summed E-state index contributed by atoms with van der Waals surface area (Å²) in [6.07, 6.45) is 9.17. The largest absolute Gasteiger partial charge is 0.342 e. The van der Waals surface area contributed by atoms with E-state index in [9.17, 15) is 4.79 Å². The van der Waals surface area contributed by atoms with E-state index in [0.29, 0.717) is 16.2 Å². The molecular formula is C16H18BrN3O. The molecule has 0 amide bonds. The fraction of sp³-hybridized carbons (Fsp3) is 0.438. The third-order valence-electron chi connectivity index (χ3n) is 4.19. The molecular weight excluding hydrogens is 330 g/mol. The van der Waals surface area contributed by atoms with Gasteiger partial charge in [-0.3, -0.25) is 9.78 Å². The maximum Gasteiger partial charge on any atom is 0.287 e. The van der Waals surface area contributed by atoms with E-state index in [1.54, 1.807) is 6.20 Å². The van der Waals surface area contributed by atoms with Gasteiger partial charge in [0, 0.05) is 29.6 Å². The molecule has 1 N–H and O–H groups in total. The van der Waals surface area contributed by atoms with E-state index in [2.05, 4.69) is 37.8 Å². The standard InChI is InChI=1S/C16H18BrN3O/c1-2-10-9-18-8-7-12(10)15-19-14(11-5-3-4-6-11)13(17)16(21)20-15/h7-9,11H,2-6H2,1H3,(H,19,20,21). The van der Waals surface area contributed by atoms with E-state index >= 15 is 0 Å². The molecule has 0 aromatic carbocycles. The Hall–Kier alpha value is -1.49. The van der Waals surface area contributed by atoms with E-state index in [1.165, 1.54) is 12.8 Å². The van der Waals surface area contributed by atoms with Crippen LogP contribution in [0.25, 0.3) is 11.4 Å². The molecule has 1 saturated carbocycles. The molecule has 0 atom stereocenters. The number of pyridine rings is 1. The molecule has 0 bridgehead atoms. The summed E-state index contributed by atoms with van der Waals surface area (Å²) in [6.45, 7) is 2.08. The highest BCUT2D eigenvalue weighted by Crippen LogP contribution is 2.36. The Bertz CT molecular complexity index is 705. The van der Waals surface area contributed by atoms with Gasteiger partial charge in [0.15, 0.2) is 0 Å². The van der Waals surface area contributed by atoms with Crippen LogP contribution >= 0.6 is 15.9 Å². The van der Waals surface area contributed by atoms with Gasteiger partial charge in [0.25, 0.3) is 5.56 Å². The summed E-state index contributed by atoms with van der Waals surface area (Å²) >= 11 is 3.41. The second kappa shape index (κ2) is 6.10. The quantitative estimate of drug-likeness (QED) is 0.918. The van der Waals surface area contributed by atoms with Crippen molar-refractivity contribution in [3.05, 3.63) is 44.5 Å². The number of aromatic amines is 1. The lowest BCUT2D eigenvalue weighted by atomic mass is 10.0. The van der Waals surface area contributed by atoms with Crippen LogP contribution in [0.3, 0.4) is 0 Å². The van der Waals surface area contributed by atoms with Gasteiger partial charge in [0.2, 0.25) is 0 Å². The van der Waals surface area contributed by atoms with Crippen LogP contribution in [0.2, 0.25) is 0 Å². The molecule has 3 rings (SSSR count). The minimum atomic E-state index is -0.190. The number of rotatable bonds is 3. The van der Waals surface area contributed by atoms with Crippen LogP contribution in [-0.4, -0.2) is 15.0 Å². The van der Waals surface area contributed by atoms with Gasteiger partial charge in [-0.25, -0.2) is 0 Å². The van der Waals surface area contributed by atoms with Gasteiger partial charge >= 0.3 is 0 Å². The van der Waals surface area contributed by atoms with Crippen LogP contribution in [0.4, 0.5) is 0 Å². The van der Waals surface area contributed by atoms with Crippen LogP contribution in [0, 0.1) is 0 Å². The van der Waals surface area contributed by atoms with Crippen molar-refractivity contribution in [3.8, 4) is 11.4 Å². The molecule has 4 nitrogen and oxygen atoms in total. The van der Waals surface area contributed by atoms with Crippen molar-refractivity contribution in [3.63, 3.8) is 0 Å². The maximum atomic E-state index is 12.2. The van der Waals surface area contributed by atoms with Crippen molar-refractivity contribution < 1.29 is 0 Å². The normalized spacial score (nSPS) is 15.5. The first-order chi connectivity index (χ1) is 10.2. The number of hydrogen-bond donors (Lipinski definition) is 1. The molecule has 0 aliphatic heterocycles. The van der Waals surface area contributed by atoms with Crippen LogP contribution in [0.1, 0.15) is 49.8 Å². The SMILES string of the molecule is CCc1cnccc1-c1nc(=O)c(Br)c(C2CCCC2)[nH]1. The Labute approximate surface area is 132 Å². The zero-order valence-corrected chi connectivity index (χ0v) is 13.6. The third kappa shape index (κ3) is 2.79. The van der Waals surface area contributed by atoms with Crippen molar-refractivity contribution in [2.45, 2.75) is 44.9 Å². The van der Waals surface area contributed by atoms with Crippen LogP contribution in [0.5, 0.6) is 0 Å². The van der Waals surface area contributed by atoms with Gasteiger partial charge in [-0.1, -0.05) is 19.8 Å². The third-order valence-corrected chi connectivity index (χ3v) is 4.96. The van der Waals surface area contributed by atoms with Gasteiger partial charge < -0.3 is 4.98 Å². The number of nitrogens with one attached hydrogen (secondary N) is 1. The van der Waals surface area contributed by atoms with Gasteiger partial charge in [-0.15, -0.1) is 0 Å². The Morgan fingerprint density at radius 1 is 1.38 bits per heavy atom. The highest BCUT2D eigenvalue weighted by molar-refractivity contribution is 9.10. The fourth-order valence-corrected chi connectivity index (χ4v) is 3.55. The Morgan fingerprint density at radius 3 is 2.86 bits per heavy atom. The topological polar surface area (TPSA) is 58.6 Å². The average molecular weight is 348 g/mol. The molecule has 0 spiro atoms. The summed E-state index contributed by atoms with van der Waals surface area (Å²) in [5.74, 6) is 1.09. The Morgan fingerprint density at radius 2 is 2.14 bits per heavy atom. The molecule has 1 aliphatic carbocycles. The van der Waals surface area contributed by atoms with Crippen LogP contribution in [-0.2, 0) is 6.42 Å². The van der Waals surface area contributed by atoms with Crippen LogP contribution in [0.15, 0.2) is 27.7 Å². The first kappa shape index (κ1) is 14.4. The molecule has 0 unspecified atom stereocenters. The number of aryl methyl sites for hydroxylation is 1. The fourth-order valence-electron chi connectivity index (χ4n) is 3.04. The number of nitrogens with zero attached hydrogens (tertiary/aromatic N) is 2. The number of H-pyrrole nitrogens is 1. The Balaban J connectivity index is 2.13. The highest BCUT2D eigenvalue weighted by Gasteiger charge is 2.23. The lowest BCUT2D eigenvalue weighted by molar-refractivity contribution is 0.688. The molecule has 0 radical (unpaired) electrons. The predicted octanol–water partition coefficient (Wildman–Crippen LogP) is 3.81. The van der Waals surface area contributed by atoms with Gasteiger partial charge in [-0.2, -0.15) is 4.98 Å². The molecule has 110 valence electrons. The average Bonchev–Trinajstić information content (AvgIpc) is 3.04. The molecule has 2 aromatic rings. The molecule has 1 aliphatic rings. The number of aromatic nitrogens is 3. The van der Waals surface area contributed by atoms with E-state index < -0.39 is 0 Å². The molecule has 0 saturated heterocycles. The summed E-state index contributed by atoms with van der Waals surface area (Å²) < 4.78 is 0.588. The lowest BCUT2D eigenvalue weighted by Gasteiger charge is -2.14. The lowest BCUT2D eigenvalue weighted by Crippen LogP contribution is -2.15. The summed E-state index contributed by atoms with van der Waals surface area (Å²) in [4.78, 5) is 23.9. The monoisotopic (exact) mass is 347 g/mol. The number of halogens is 1. The zero-order chi connectivity index (χ0) is 14.8. The molecule has 5 heteroatoms. The van der Waals surface area contributed by atoms with Crippen molar-refractivity contribution >= 4 is 15.9 Å². The smallest absolute Gasteiger partial charge is 0.287 e. The van der Waals surface area contributed by atoms with Crippen molar-refractivity contribution in [1.82, 2.24) is 15.0 Å². The first-order valence-corrected chi connectivity index (χ1v) is 8.23. The summed E-state index contributed by atoms with van der Waals surface area (Å²) in [5.41, 5.74) is 2.88.